The lowest BCUT2D eigenvalue weighted by Crippen LogP contribution is -2.39. The zero-order valence-corrected chi connectivity index (χ0v) is 16.2. The molecule has 0 N–H and O–H groups in total. The molecule has 1 aliphatic heterocycles. The quantitative estimate of drug-likeness (QED) is 0.838. The number of rotatable bonds is 3. The Morgan fingerprint density at radius 3 is 2.77 bits per heavy atom. The summed E-state index contributed by atoms with van der Waals surface area (Å²) in [7, 11) is 3.70. The number of likely N-dealkylation sites (N-methyl/N-ethyl adjacent to an activating group) is 1. The van der Waals surface area contributed by atoms with Gasteiger partial charge < -0.3 is 19.3 Å². The summed E-state index contributed by atoms with van der Waals surface area (Å²) in [6.07, 6.45) is 2.55. The highest BCUT2D eigenvalue weighted by molar-refractivity contribution is 5.83. The maximum atomic E-state index is 12.3. The van der Waals surface area contributed by atoms with E-state index in [2.05, 4.69) is 23.0 Å². The summed E-state index contributed by atoms with van der Waals surface area (Å²) in [6.45, 7) is 7.04. The van der Waals surface area contributed by atoms with Crippen molar-refractivity contribution >= 4 is 22.7 Å². The maximum Gasteiger partial charge on any atom is 0.410 e. The number of methoxy groups -OCH3 is 1. The minimum Gasteiger partial charge on any atom is -0.497 e. The van der Waals surface area contributed by atoms with Crippen molar-refractivity contribution in [2.45, 2.75) is 38.8 Å². The van der Waals surface area contributed by atoms with Gasteiger partial charge in [-0.25, -0.2) is 4.79 Å². The Labute approximate surface area is 154 Å². The molecule has 1 amide bonds. The van der Waals surface area contributed by atoms with Gasteiger partial charge in [0.15, 0.2) is 0 Å². The number of pyridine rings is 1. The molecule has 26 heavy (non-hydrogen) atoms. The van der Waals surface area contributed by atoms with Gasteiger partial charge in [0, 0.05) is 37.6 Å². The molecule has 1 atom stereocenters. The first-order valence-electron chi connectivity index (χ1n) is 8.91. The largest absolute Gasteiger partial charge is 0.497 e. The number of carbonyl (C=O) groups is 1. The number of ether oxygens (including phenoxy) is 2. The van der Waals surface area contributed by atoms with E-state index in [0.717, 1.165) is 28.8 Å². The molecule has 3 rings (SSSR count). The molecule has 0 bridgehead atoms. The predicted octanol–water partition coefficient (Wildman–Crippen LogP) is 3.69. The summed E-state index contributed by atoms with van der Waals surface area (Å²) in [6, 6.07) is 8.25. The van der Waals surface area contributed by atoms with Crippen LogP contribution in [0.25, 0.3) is 10.9 Å². The van der Waals surface area contributed by atoms with Crippen LogP contribution in [0.1, 0.15) is 27.2 Å². The molecule has 1 aromatic carbocycles. The molecule has 2 heterocycles. The number of anilines is 1. The van der Waals surface area contributed by atoms with Gasteiger partial charge in [0.25, 0.3) is 0 Å². The number of amides is 1. The Morgan fingerprint density at radius 2 is 2.08 bits per heavy atom. The van der Waals surface area contributed by atoms with E-state index in [1.165, 1.54) is 0 Å². The Kier molecular flexibility index (Phi) is 4.94. The van der Waals surface area contributed by atoms with Crippen LogP contribution in [0.3, 0.4) is 0 Å². The molecule has 1 saturated heterocycles. The van der Waals surface area contributed by atoms with Crippen LogP contribution in [-0.2, 0) is 4.74 Å². The first-order chi connectivity index (χ1) is 12.3. The fourth-order valence-corrected chi connectivity index (χ4v) is 3.17. The van der Waals surface area contributed by atoms with E-state index in [0.29, 0.717) is 13.1 Å². The lowest BCUT2D eigenvalue weighted by atomic mass is 10.1. The maximum absolute atomic E-state index is 12.3. The van der Waals surface area contributed by atoms with Gasteiger partial charge in [-0.2, -0.15) is 0 Å². The fraction of sp³-hybridized carbons (Fsp3) is 0.500. The number of likely N-dealkylation sites (tertiary alicyclic amines) is 1. The monoisotopic (exact) mass is 357 g/mol. The van der Waals surface area contributed by atoms with Crippen LogP contribution in [0.2, 0.25) is 0 Å². The van der Waals surface area contributed by atoms with E-state index in [1.807, 2.05) is 45.2 Å². The van der Waals surface area contributed by atoms with Gasteiger partial charge in [-0.3, -0.25) is 4.98 Å². The van der Waals surface area contributed by atoms with Crippen molar-refractivity contribution in [3.8, 4) is 5.75 Å². The molecule has 1 aromatic heterocycles. The van der Waals surface area contributed by atoms with E-state index in [4.69, 9.17) is 9.47 Å². The molecule has 0 saturated carbocycles. The highest BCUT2D eigenvalue weighted by atomic mass is 16.6. The molecular formula is C20H27N3O3. The fourth-order valence-electron chi connectivity index (χ4n) is 3.17. The average Bonchev–Trinajstić information content (AvgIpc) is 3.09. The van der Waals surface area contributed by atoms with Gasteiger partial charge in [-0.05, 0) is 45.4 Å². The second kappa shape index (κ2) is 7.02. The molecular weight excluding hydrogens is 330 g/mol. The third kappa shape index (κ3) is 4.00. The highest BCUT2D eigenvalue weighted by Gasteiger charge is 2.32. The van der Waals surface area contributed by atoms with Crippen LogP contribution in [0, 0.1) is 0 Å². The minimum atomic E-state index is -0.468. The summed E-state index contributed by atoms with van der Waals surface area (Å²) in [5, 5.41) is 1.07. The summed E-state index contributed by atoms with van der Waals surface area (Å²) < 4.78 is 10.7. The molecule has 0 radical (unpaired) electrons. The van der Waals surface area contributed by atoms with Crippen molar-refractivity contribution < 1.29 is 14.3 Å². The van der Waals surface area contributed by atoms with Crippen molar-refractivity contribution in [3.05, 3.63) is 30.5 Å². The van der Waals surface area contributed by atoms with Crippen molar-refractivity contribution in [1.29, 1.82) is 0 Å². The summed E-state index contributed by atoms with van der Waals surface area (Å²) in [5.41, 5.74) is 1.48. The van der Waals surface area contributed by atoms with Crippen molar-refractivity contribution in [3.63, 3.8) is 0 Å². The normalized spacial score (nSPS) is 17.4. The molecule has 2 aromatic rings. The van der Waals surface area contributed by atoms with Gasteiger partial charge in [0.05, 0.1) is 24.5 Å². The van der Waals surface area contributed by atoms with Crippen molar-refractivity contribution in [1.82, 2.24) is 9.88 Å². The van der Waals surface area contributed by atoms with Crippen LogP contribution < -0.4 is 9.64 Å². The first kappa shape index (κ1) is 18.3. The zero-order valence-electron chi connectivity index (χ0n) is 16.2. The lowest BCUT2D eigenvalue weighted by Gasteiger charge is -2.28. The van der Waals surface area contributed by atoms with Crippen LogP contribution in [-0.4, -0.2) is 54.9 Å². The Hall–Kier alpha value is -2.50. The number of hydrogen-bond donors (Lipinski definition) is 0. The number of fused-ring (bicyclic) bond motifs is 1. The third-order valence-corrected chi connectivity index (χ3v) is 4.65. The molecule has 0 aliphatic carbocycles. The van der Waals surface area contributed by atoms with Crippen LogP contribution in [0.15, 0.2) is 30.5 Å². The standard InChI is InChI=1S/C20H27N3O3/c1-20(2,3)26-19(24)23-9-8-15(13-23)22(4)16-10-14-6-7-17(25-5)11-18(14)21-12-16/h6-7,10-12,15H,8-9,13H2,1-5H3. The molecule has 6 nitrogen and oxygen atoms in total. The van der Waals surface area contributed by atoms with Crippen LogP contribution in [0.5, 0.6) is 5.75 Å². The molecule has 1 aliphatic rings. The van der Waals surface area contributed by atoms with Crippen LogP contribution >= 0.6 is 0 Å². The Morgan fingerprint density at radius 1 is 1.31 bits per heavy atom. The van der Waals surface area contributed by atoms with Crippen molar-refractivity contribution in [2.75, 3.05) is 32.1 Å². The molecule has 0 spiro atoms. The smallest absolute Gasteiger partial charge is 0.410 e. The molecule has 1 unspecified atom stereocenters. The van der Waals surface area contributed by atoms with E-state index >= 15 is 0 Å². The molecule has 1 fully saturated rings. The van der Waals surface area contributed by atoms with Gasteiger partial charge in [-0.15, -0.1) is 0 Å². The number of aromatic nitrogens is 1. The number of carbonyl (C=O) groups excluding carboxylic acids is 1. The summed E-state index contributed by atoms with van der Waals surface area (Å²) in [4.78, 5) is 20.8. The summed E-state index contributed by atoms with van der Waals surface area (Å²) >= 11 is 0. The summed E-state index contributed by atoms with van der Waals surface area (Å²) in [5.74, 6) is 0.801. The predicted molar refractivity (Wildman–Crippen MR) is 103 cm³/mol. The van der Waals surface area contributed by atoms with Crippen molar-refractivity contribution in [2.24, 2.45) is 0 Å². The van der Waals surface area contributed by atoms with Gasteiger partial charge in [0.1, 0.15) is 11.4 Å². The van der Waals surface area contributed by atoms with E-state index in [1.54, 1.807) is 12.0 Å². The Balaban J connectivity index is 1.70. The number of nitrogens with zero attached hydrogens (tertiary/aromatic N) is 3. The third-order valence-electron chi connectivity index (χ3n) is 4.65. The Bertz CT molecular complexity index is 800. The minimum absolute atomic E-state index is 0.239. The van der Waals surface area contributed by atoms with Gasteiger partial charge >= 0.3 is 6.09 Å². The first-order valence-corrected chi connectivity index (χ1v) is 8.91. The second-order valence-corrected chi connectivity index (χ2v) is 7.73. The zero-order chi connectivity index (χ0) is 18.9. The van der Waals surface area contributed by atoms with Gasteiger partial charge in [0.2, 0.25) is 0 Å². The number of hydrogen-bond acceptors (Lipinski definition) is 5. The molecule has 140 valence electrons. The van der Waals surface area contributed by atoms with Gasteiger partial charge in [-0.1, -0.05) is 0 Å². The lowest BCUT2D eigenvalue weighted by molar-refractivity contribution is 0.0292. The molecule has 6 heteroatoms. The second-order valence-electron chi connectivity index (χ2n) is 7.73. The SMILES string of the molecule is COc1ccc2cc(N(C)C3CCN(C(=O)OC(C)(C)C)C3)cnc2c1. The number of benzene rings is 1. The topological polar surface area (TPSA) is 54.9 Å². The highest BCUT2D eigenvalue weighted by Crippen LogP contribution is 2.26. The van der Waals surface area contributed by atoms with E-state index < -0.39 is 5.60 Å². The van der Waals surface area contributed by atoms with E-state index in [-0.39, 0.29) is 12.1 Å². The van der Waals surface area contributed by atoms with Crippen LogP contribution in [0.4, 0.5) is 10.5 Å². The van der Waals surface area contributed by atoms with E-state index in [9.17, 15) is 4.79 Å². The average molecular weight is 357 g/mol.